The number of amides is 1. The first-order valence-electron chi connectivity index (χ1n) is 7.64. The Balaban J connectivity index is 1.94. The van der Waals surface area contributed by atoms with E-state index in [-0.39, 0.29) is 23.6 Å². The van der Waals surface area contributed by atoms with E-state index in [1.165, 1.54) is 17.0 Å². The number of aromatic carboxylic acids is 1. The molecule has 1 saturated heterocycles. The third-order valence-electron chi connectivity index (χ3n) is 3.92. The van der Waals surface area contributed by atoms with Gasteiger partial charge in [-0.3, -0.25) is 14.2 Å². The number of hydrogen-bond donors (Lipinski definition) is 3. The number of carbonyl (C=O) groups excluding carboxylic acids is 1. The van der Waals surface area contributed by atoms with E-state index < -0.39 is 27.9 Å². The van der Waals surface area contributed by atoms with Gasteiger partial charge >= 0.3 is 5.97 Å². The monoisotopic (exact) mass is 372 g/mol. The van der Waals surface area contributed by atoms with Gasteiger partial charge in [-0.1, -0.05) is 12.1 Å². The average Bonchev–Trinajstić information content (AvgIpc) is 2.53. The number of piperazine rings is 1. The molecule has 9 nitrogen and oxygen atoms in total. The summed E-state index contributed by atoms with van der Waals surface area (Å²) < 4.78 is 30.2. The van der Waals surface area contributed by atoms with E-state index >= 15 is 0 Å². The van der Waals surface area contributed by atoms with E-state index in [0.29, 0.717) is 26.2 Å². The van der Waals surface area contributed by atoms with Gasteiger partial charge in [0, 0.05) is 32.7 Å². The fraction of sp³-hybridized carbons (Fsp3) is 0.467. The molecule has 138 valence electrons. The number of nitrogens with zero attached hydrogens (tertiary/aromatic N) is 2. The summed E-state index contributed by atoms with van der Waals surface area (Å²) in [5.41, 5.74) is 0.0633. The van der Waals surface area contributed by atoms with Crippen LogP contribution in [0, 0.1) is 0 Å². The van der Waals surface area contributed by atoms with Crippen LogP contribution < -0.4 is 0 Å². The van der Waals surface area contributed by atoms with Crippen molar-refractivity contribution in [2.24, 2.45) is 0 Å². The first-order valence-corrected chi connectivity index (χ1v) is 9.25. The lowest BCUT2D eigenvalue weighted by molar-refractivity contribution is 0.0545. The molecule has 1 atom stereocenters. The van der Waals surface area contributed by atoms with Gasteiger partial charge in [0.15, 0.2) is 0 Å². The Morgan fingerprint density at radius 2 is 1.64 bits per heavy atom. The fourth-order valence-corrected chi connectivity index (χ4v) is 3.35. The number of carboxylic acid groups (broad SMARTS) is 1. The van der Waals surface area contributed by atoms with Crippen molar-refractivity contribution < 1.29 is 32.8 Å². The predicted octanol–water partition coefficient (Wildman–Crippen LogP) is -0.609. The van der Waals surface area contributed by atoms with Crippen LogP contribution in [0.25, 0.3) is 0 Å². The summed E-state index contributed by atoms with van der Waals surface area (Å²) >= 11 is 0. The van der Waals surface area contributed by atoms with Crippen molar-refractivity contribution in [2.45, 2.75) is 6.10 Å². The van der Waals surface area contributed by atoms with Crippen LogP contribution in [0.3, 0.4) is 0 Å². The van der Waals surface area contributed by atoms with Crippen LogP contribution in [-0.2, 0) is 10.1 Å². The van der Waals surface area contributed by atoms with E-state index in [0.717, 1.165) is 0 Å². The maximum atomic E-state index is 12.5. The van der Waals surface area contributed by atoms with Gasteiger partial charge in [0.05, 0.1) is 17.2 Å². The van der Waals surface area contributed by atoms with Crippen LogP contribution in [0.15, 0.2) is 24.3 Å². The van der Waals surface area contributed by atoms with E-state index in [9.17, 15) is 28.2 Å². The Bertz CT molecular complexity index is 742. The fourth-order valence-electron chi connectivity index (χ4n) is 2.75. The maximum Gasteiger partial charge on any atom is 0.336 e. The van der Waals surface area contributed by atoms with E-state index in [1.807, 2.05) is 0 Å². The zero-order valence-electron chi connectivity index (χ0n) is 13.4. The summed E-state index contributed by atoms with van der Waals surface area (Å²) in [6.45, 7) is 1.53. The number of aliphatic hydroxyl groups excluding tert-OH is 1. The first kappa shape index (κ1) is 19.3. The standard InChI is InChI=1S/C15H20N2O7S/c18-11(10-25(22,23)24)9-16-5-7-17(8-6-16)14(19)12-3-1-2-4-13(12)15(20)21/h1-4,11,18H,5-10H2,(H,20,21)(H,22,23,24)/t11-/m0/s1. The minimum absolute atomic E-state index is 0.0569. The maximum absolute atomic E-state index is 12.5. The summed E-state index contributed by atoms with van der Waals surface area (Å²) in [7, 11) is -4.24. The van der Waals surface area contributed by atoms with Crippen molar-refractivity contribution in [3.8, 4) is 0 Å². The molecule has 1 aromatic rings. The second kappa shape index (κ2) is 7.91. The van der Waals surface area contributed by atoms with Crippen LogP contribution in [-0.4, -0.2) is 89.4 Å². The zero-order valence-corrected chi connectivity index (χ0v) is 14.2. The number of rotatable bonds is 6. The molecule has 1 fully saturated rings. The third-order valence-corrected chi connectivity index (χ3v) is 4.73. The van der Waals surface area contributed by atoms with Gasteiger partial charge in [-0.15, -0.1) is 0 Å². The number of benzene rings is 1. The largest absolute Gasteiger partial charge is 0.478 e. The van der Waals surface area contributed by atoms with Crippen molar-refractivity contribution in [1.82, 2.24) is 9.80 Å². The van der Waals surface area contributed by atoms with Gasteiger partial charge in [0.25, 0.3) is 16.0 Å². The van der Waals surface area contributed by atoms with Crippen LogP contribution in [0.4, 0.5) is 0 Å². The molecule has 3 N–H and O–H groups in total. The second-order valence-electron chi connectivity index (χ2n) is 5.85. The van der Waals surface area contributed by atoms with Crippen LogP contribution in [0.2, 0.25) is 0 Å². The SMILES string of the molecule is O=C(O)c1ccccc1C(=O)N1CCN(C[C@H](O)CS(=O)(=O)O)CC1. The highest BCUT2D eigenvalue weighted by molar-refractivity contribution is 7.85. The molecule has 1 aliphatic heterocycles. The number of hydrogen-bond acceptors (Lipinski definition) is 6. The predicted molar refractivity (Wildman–Crippen MR) is 88.2 cm³/mol. The zero-order chi connectivity index (χ0) is 18.6. The first-order chi connectivity index (χ1) is 11.7. The summed E-state index contributed by atoms with van der Waals surface area (Å²) in [5, 5.41) is 18.8. The Morgan fingerprint density at radius 1 is 1.08 bits per heavy atom. The van der Waals surface area contributed by atoms with Gasteiger partial charge in [-0.05, 0) is 12.1 Å². The Labute approximate surface area is 145 Å². The highest BCUT2D eigenvalue weighted by atomic mass is 32.2. The summed E-state index contributed by atoms with van der Waals surface area (Å²) in [6.07, 6.45) is -1.22. The Kier molecular flexibility index (Phi) is 6.11. The molecule has 1 aliphatic rings. The molecule has 0 radical (unpaired) electrons. The minimum Gasteiger partial charge on any atom is -0.478 e. The van der Waals surface area contributed by atoms with Crippen LogP contribution in [0.1, 0.15) is 20.7 Å². The Morgan fingerprint density at radius 3 is 2.16 bits per heavy atom. The second-order valence-corrected chi connectivity index (χ2v) is 7.34. The normalized spacial score (nSPS) is 17.3. The van der Waals surface area contributed by atoms with Crippen molar-refractivity contribution in [2.75, 3.05) is 38.5 Å². The van der Waals surface area contributed by atoms with Crippen molar-refractivity contribution in [3.05, 3.63) is 35.4 Å². The van der Waals surface area contributed by atoms with Gasteiger partial charge < -0.3 is 15.1 Å². The van der Waals surface area contributed by atoms with Crippen LogP contribution in [0.5, 0.6) is 0 Å². The smallest absolute Gasteiger partial charge is 0.336 e. The third kappa shape index (κ3) is 5.49. The molecule has 1 heterocycles. The Hall–Kier alpha value is -2.01. The molecule has 1 amide bonds. The van der Waals surface area contributed by atoms with Crippen LogP contribution >= 0.6 is 0 Å². The van der Waals surface area contributed by atoms with E-state index in [2.05, 4.69) is 0 Å². The number of β-amino-alcohol motifs (C(OH)–C–C–N with tert-alkyl or cyclic N) is 1. The van der Waals surface area contributed by atoms with Gasteiger partial charge in [-0.25, -0.2) is 4.79 Å². The summed E-state index contributed by atoms with van der Waals surface area (Å²) in [6, 6.07) is 5.99. The van der Waals surface area contributed by atoms with Crippen molar-refractivity contribution in [3.63, 3.8) is 0 Å². The van der Waals surface area contributed by atoms with Crippen molar-refractivity contribution >= 4 is 22.0 Å². The summed E-state index contributed by atoms with van der Waals surface area (Å²) in [4.78, 5) is 27.0. The average molecular weight is 372 g/mol. The van der Waals surface area contributed by atoms with Gasteiger partial charge in [0.1, 0.15) is 5.75 Å². The van der Waals surface area contributed by atoms with E-state index in [4.69, 9.17) is 4.55 Å². The highest BCUT2D eigenvalue weighted by Crippen LogP contribution is 2.14. The summed E-state index contributed by atoms with van der Waals surface area (Å²) in [5.74, 6) is -2.29. The minimum atomic E-state index is -4.24. The van der Waals surface area contributed by atoms with Crippen molar-refractivity contribution in [1.29, 1.82) is 0 Å². The lowest BCUT2D eigenvalue weighted by Crippen LogP contribution is -2.51. The highest BCUT2D eigenvalue weighted by Gasteiger charge is 2.26. The molecule has 0 aromatic heterocycles. The molecule has 1 aromatic carbocycles. The molecule has 2 rings (SSSR count). The molecule has 25 heavy (non-hydrogen) atoms. The lowest BCUT2D eigenvalue weighted by atomic mass is 10.1. The number of carbonyl (C=O) groups is 2. The molecular weight excluding hydrogens is 352 g/mol. The van der Waals surface area contributed by atoms with Gasteiger partial charge in [0.2, 0.25) is 0 Å². The molecule has 0 unspecified atom stereocenters. The molecular formula is C15H20N2O7S. The number of aliphatic hydroxyl groups is 1. The number of carboxylic acids is 1. The molecule has 0 bridgehead atoms. The van der Waals surface area contributed by atoms with E-state index in [1.54, 1.807) is 17.0 Å². The topological polar surface area (TPSA) is 135 Å². The molecule has 0 spiro atoms. The molecule has 0 saturated carbocycles. The molecule has 0 aliphatic carbocycles. The molecule has 10 heteroatoms. The van der Waals surface area contributed by atoms with Gasteiger partial charge in [-0.2, -0.15) is 8.42 Å². The quantitative estimate of drug-likeness (QED) is 0.563. The lowest BCUT2D eigenvalue weighted by Gasteiger charge is -2.35.